The van der Waals surface area contributed by atoms with Gasteiger partial charge in [0.15, 0.2) is 0 Å². The maximum absolute atomic E-state index is 12.9. The first kappa shape index (κ1) is 15.7. The third kappa shape index (κ3) is 2.42. The molecule has 0 atom stereocenters. The lowest BCUT2D eigenvalue weighted by Crippen LogP contribution is -2.22. The predicted octanol–water partition coefficient (Wildman–Crippen LogP) is 3.68. The maximum atomic E-state index is 12.9. The Morgan fingerprint density at radius 1 is 1.00 bits per heavy atom. The van der Waals surface area contributed by atoms with Gasteiger partial charge in [-0.1, -0.05) is 42.5 Å². The van der Waals surface area contributed by atoms with Crippen LogP contribution in [0.2, 0.25) is 0 Å². The van der Waals surface area contributed by atoms with E-state index >= 15 is 0 Å². The number of aliphatic hydroxyl groups excluding tert-OH is 1. The molecule has 5 rings (SSSR count). The zero-order valence-electron chi connectivity index (χ0n) is 14.0. The monoisotopic (exact) mass is 371 g/mol. The summed E-state index contributed by atoms with van der Waals surface area (Å²) in [6, 6.07) is 19.6. The summed E-state index contributed by atoms with van der Waals surface area (Å²) in [4.78, 5) is 22.2. The van der Waals surface area contributed by atoms with E-state index in [-0.39, 0.29) is 5.69 Å². The normalized spacial score (nSPS) is 12.2. The minimum Gasteiger partial charge on any atom is -0.514 e. The van der Waals surface area contributed by atoms with Crippen molar-refractivity contribution in [3.8, 4) is 16.8 Å². The molecule has 3 aromatic heterocycles. The lowest BCUT2D eigenvalue weighted by molar-refractivity contribution is 0.542. The molecule has 0 spiro atoms. The van der Waals surface area contributed by atoms with Gasteiger partial charge in [-0.05, 0) is 29.3 Å². The van der Waals surface area contributed by atoms with E-state index < -0.39 is 0 Å². The molecule has 0 fully saturated rings. The van der Waals surface area contributed by atoms with Crippen LogP contribution in [0.25, 0.3) is 44.3 Å². The fourth-order valence-corrected chi connectivity index (χ4v) is 4.27. The average molecular weight is 371 g/mol. The summed E-state index contributed by atoms with van der Waals surface area (Å²) in [6.07, 6.45) is 2.65. The number of hydrogen-bond acceptors (Lipinski definition) is 5. The molecular formula is C21H13N3O2S. The number of nitrogens with zero attached hydrogens (tertiary/aromatic N) is 3. The van der Waals surface area contributed by atoms with Crippen molar-refractivity contribution in [1.29, 1.82) is 0 Å². The molecule has 5 aromatic rings. The number of aromatic nitrogens is 3. The summed E-state index contributed by atoms with van der Waals surface area (Å²) in [5.41, 5.74) is 3.66. The lowest BCUT2D eigenvalue weighted by atomic mass is 10.1. The van der Waals surface area contributed by atoms with Crippen LogP contribution in [0.4, 0.5) is 0 Å². The molecule has 1 N–H and O–H groups in total. The van der Waals surface area contributed by atoms with E-state index in [1.54, 1.807) is 10.8 Å². The molecule has 0 saturated carbocycles. The van der Waals surface area contributed by atoms with Gasteiger partial charge in [0.2, 0.25) is 0 Å². The van der Waals surface area contributed by atoms with Crippen LogP contribution < -0.4 is 10.2 Å². The molecular weight excluding hydrogens is 358 g/mol. The molecule has 130 valence electrons. The van der Waals surface area contributed by atoms with Crippen LogP contribution in [0.1, 0.15) is 0 Å². The van der Waals surface area contributed by atoms with E-state index in [4.69, 9.17) is 0 Å². The third-order valence-corrected chi connectivity index (χ3v) is 5.56. The number of aliphatic hydroxyl groups is 1. The summed E-state index contributed by atoms with van der Waals surface area (Å²) in [5.74, 6) is 0. The first-order valence-corrected chi connectivity index (χ1v) is 9.18. The fourth-order valence-electron chi connectivity index (χ4n) is 3.35. The number of thiophene rings is 1. The van der Waals surface area contributed by atoms with Gasteiger partial charge in [0.1, 0.15) is 10.3 Å². The van der Waals surface area contributed by atoms with Crippen molar-refractivity contribution in [1.82, 2.24) is 14.5 Å². The summed E-state index contributed by atoms with van der Waals surface area (Å²) < 4.78 is 2.13. The SMILES string of the molecule is O=c1nc2c(=CO)sc3nccc(c32)n1-c1cccc(-c2ccccc2)c1. The van der Waals surface area contributed by atoms with Gasteiger partial charge in [-0.25, -0.2) is 9.78 Å². The highest BCUT2D eigenvalue weighted by Gasteiger charge is 2.16. The summed E-state index contributed by atoms with van der Waals surface area (Å²) in [5, 5.41) is 10.3. The Morgan fingerprint density at radius 2 is 1.81 bits per heavy atom. The van der Waals surface area contributed by atoms with Crippen LogP contribution in [0.3, 0.4) is 0 Å². The van der Waals surface area contributed by atoms with E-state index in [9.17, 15) is 9.90 Å². The Kier molecular flexibility index (Phi) is 3.51. The van der Waals surface area contributed by atoms with E-state index in [0.29, 0.717) is 10.0 Å². The maximum Gasteiger partial charge on any atom is 0.353 e. The first-order valence-electron chi connectivity index (χ1n) is 8.36. The Morgan fingerprint density at radius 3 is 2.63 bits per heavy atom. The molecule has 0 radical (unpaired) electrons. The fraction of sp³-hybridized carbons (Fsp3) is 0. The highest BCUT2D eigenvalue weighted by Crippen LogP contribution is 2.27. The van der Waals surface area contributed by atoms with Gasteiger partial charge < -0.3 is 5.11 Å². The van der Waals surface area contributed by atoms with Crippen LogP contribution in [0.5, 0.6) is 0 Å². The molecule has 0 aliphatic heterocycles. The number of hydrogen-bond donors (Lipinski definition) is 1. The molecule has 6 heteroatoms. The molecule has 27 heavy (non-hydrogen) atoms. The molecule has 0 aliphatic rings. The minimum absolute atomic E-state index is 0.387. The van der Waals surface area contributed by atoms with Crippen molar-refractivity contribution in [2.24, 2.45) is 0 Å². The van der Waals surface area contributed by atoms with Crippen molar-refractivity contribution in [2.45, 2.75) is 0 Å². The van der Waals surface area contributed by atoms with E-state index in [1.807, 2.05) is 60.7 Å². The van der Waals surface area contributed by atoms with Gasteiger partial charge in [0.25, 0.3) is 0 Å². The van der Waals surface area contributed by atoms with Crippen molar-refractivity contribution < 1.29 is 5.11 Å². The molecule has 0 unspecified atom stereocenters. The highest BCUT2D eigenvalue weighted by atomic mass is 32.1. The second-order valence-electron chi connectivity index (χ2n) is 6.10. The Balaban J connectivity index is 1.84. The van der Waals surface area contributed by atoms with Gasteiger partial charge in [-0.3, -0.25) is 4.57 Å². The Bertz CT molecular complexity index is 1400. The Hall–Kier alpha value is -3.51. The van der Waals surface area contributed by atoms with Crippen LogP contribution in [0.15, 0.2) is 71.7 Å². The molecule has 3 heterocycles. The second kappa shape index (κ2) is 6.03. The Labute approximate surface area is 157 Å². The van der Waals surface area contributed by atoms with E-state index in [1.165, 1.54) is 11.3 Å². The molecule has 0 aliphatic carbocycles. The smallest absolute Gasteiger partial charge is 0.353 e. The van der Waals surface area contributed by atoms with E-state index in [2.05, 4.69) is 9.97 Å². The van der Waals surface area contributed by atoms with Crippen LogP contribution in [-0.4, -0.2) is 19.6 Å². The molecule has 0 saturated heterocycles. The standard InChI is InChI=1S/C21H13N3O2S/c25-12-17-19-18-16(9-10-22-20(18)27-17)24(21(26)23-19)15-8-4-7-14(11-15)13-5-2-1-3-6-13/h1-12,25H. The number of benzene rings is 2. The molecule has 5 nitrogen and oxygen atoms in total. The zero-order valence-corrected chi connectivity index (χ0v) is 14.9. The largest absolute Gasteiger partial charge is 0.514 e. The summed E-state index contributed by atoms with van der Waals surface area (Å²) >= 11 is 1.31. The summed E-state index contributed by atoms with van der Waals surface area (Å²) in [6.45, 7) is 0. The predicted molar refractivity (Wildman–Crippen MR) is 108 cm³/mol. The van der Waals surface area contributed by atoms with Crippen LogP contribution >= 0.6 is 11.3 Å². The minimum atomic E-state index is -0.387. The van der Waals surface area contributed by atoms with Crippen molar-refractivity contribution in [3.63, 3.8) is 0 Å². The van der Waals surface area contributed by atoms with Gasteiger partial charge in [0.05, 0.1) is 27.4 Å². The average Bonchev–Trinajstić information content (AvgIpc) is 3.08. The number of rotatable bonds is 2. The van der Waals surface area contributed by atoms with Crippen LogP contribution in [-0.2, 0) is 0 Å². The number of pyridine rings is 1. The van der Waals surface area contributed by atoms with E-state index in [0.717, 1.165) is 38.8 Å². The van der Waals surface area contributed by atoms with Gasteiger partial charge in [0, 0.05) is 6.20 Å². The molecule has 0 bridgehead atoms. The van der Waals surface area contributed by atoms with Gasteiger partial charge >= 0.3 is 5.69 Å². The van der Waals surface area contributed by atoms with Crippen molar-refractivity contribution in [3.05, 3.63) is 81.9 Å². The third-order valence-electron chi connectivity index (χ3n) is 4.54. The quantitative estimate of drug-likeness (QED) is 0.514. The first-order chi connectivity index (χ1) is 13.3. The second-order valence-corrected chi connectivity index (χ2v) is 7.13. The topological polar surface area (TPSA) is 68.0 Å². The molecule has 2 aromatic carbocycles. The van der Waals surface area contributed by atoms with Gasteiger partial charge in [-0.15, -0.1) is 11.3 Å². The summed E-state index contributed by atoms with van der Waals surface area (Å²) in [7, 11) is 0. The highest BCUT2D eigenvalue weighted by molar-refractivity contribution is 7.17. The lowest BCUT2D eigenvalue weighted by Gasteiger charge is -2.11. The molecule has 0 amide bonds. The van der Waals surface area contributed by atoms with Crippen molar-refractivity contribution in [2.75, 3.05) is 0 Å². The van der Waals surface area contributed by atoms with Gasteiger partial charge in [-0.2, -0.15) is 4.98 Å². The zero-order chi connectivity index (χ0) is 18.4. The van der Waals surface area contributed by atoms with Crippen molar-refractivity contribution >= 4 is 38.8 Å². The van der Waals surface area contributed by atoms with Crippen LogP contribution in [0, 0.1) is 0 Å².